The third-order valence-corrected chi connectivity index (χ3v) is 6.85. The van der Waals surface area contributed by atoms with Crippen molar-refractivity contribution in [2.24, 2.45) is 0 Å². The van der Waals surface area contributed by atoms with Gasteiger partial charge < -0.3 is 15.0 Å². The molecule has 0 saturated carbocycles. The van der Waals surface area contributed by atoms with Crippen LogP contribution >= 0.6 is 34.5 Å². The van der Waals surface area contributed by atoms with Crippen LogP contribution in [0.5, 0.6) is 5.75 Å². The van der Waals surface area contributed by atoms with Gasteiger partial charge in [0.1, 0.15) is 11.3 Å². The number of carbonyl (C=O) groups is 1. The molecule has 1 aliphatic heterocycles. The van der Waals surface area contributed by atoms with Crippen LogP contribution in [-0.2, 0) is 0 Å². The molecule has 1 fully saturated rings. The number of rotatable bonds is 7. The molecule has 9 heteroatoms. The third kappa shape index (κ3) is 5.23. The van der Waals surface area contributed by atoms with Crippen LogP contribution in [0.4, 0.5) is 5.13 Å². The quantitative estimate of drug-likeness (QED) is 0.539. The van der Waals surface area contributed by atoms with E-state index in [1.54, 1.807) is 29.5 Å². The SMILES string of the molecule is CCOc1cccc2sc(N3CCN(CCNC(=O)c4cc(Cl)ccc4Cl)CC3)nc12. The average Bonchev–Trinajstić information content (AvgIpc) is 3.21. The summed E-state index contributed by atoms with van der Waals surface area (Å²) < 4.78 is 6.86. The molecular weight excluding hydrogens is 455 g/mol. The highest BCUT2D eigenvalue weighted by molar-refractivity contribution is 7.22. The van der Waals surface area contributed by atoms with Gasteiger partial charge in [-0.2, -0.15) is 0 Å². The van der Waals surface area contributed by atoms with Gasteiger partial charge in [0.2, 0.25) is 0 Å². The van der Waals surface area contributed by atoms with Crippen molar-refractivity contribution in [1.82, 2.24) is 15.2 Å². The number of nitrogens with one attached hydrogen (secondary N) is 1. The summed E-state index contributed by atoms with van der Waals surface area (Å²) in [4.78, 5) is 21.9. The van der Waals surface area contributed by atoms with Gasteiger partial charge in [-0.25, -0.2) is 4.98 Å². The van der Waals surface area contributed by atoms with Crippen molar-refractivity contribution in [2.75, 3.05) is 50.8 Å². The molecule has 0 atom stereocenters. The smallest absolute Gasteiger partial charge is 0.252 e. The number of carbonyl (C=O) groups excluding carboxylic acids is 1. The van der Waals surface area contributed by atoms with E-state index < -0.39 is 0 Å². The predicted octanol–water partition coefficient (Wildman–Crippen LogP) is 4.55. The van der Waals surface area contributed by atoms with E-state index in [1.807, 2.05) is 19.1 Å². The van der Waals surface area contributed by atoms with Crippen LogP contribution in [0.15, 0.2) is 36.4 Å². The molecule has 1 saturated heterocycles. The van der Waals surface area contributed by atoms with Gasteiger partial charge in [0.05, 0.1) is 21.9 Å². The number of fused-ring (bicyclic) bond motifs is 1. The lowest BCUT2D eigenvalue weighted by atomic mass is 10.2. The fraction of sp³-hybridized carbons (Fsp3) is 0.364. The van der Waals surface area contributed by atoms with Crippen LogP contribution in [0.3, 0.4) is 0 Å². The zero-order chi connectivity index (χ0) is 21.8. The van der Waals surface area contributed by atoms with E-state index in [0.717, 1.165) is 53.8 Å². The molecule has 0 unspecified atom stereocenters. The van der Waals surface area contributed by atoms with Crippen LogP contribution < -0.4 is 15.0 Å². The Balaban J connectivity index is 1.28. The molecule has 1 amide bonds. The number of thiazole rings is 1. The van der Waals surface area contributed by atoms with Crippen LogP contribution in [0.1, 0.15) is 17.3 Å². The molecule has 164 valence electrons. The molecule has 1 N–H and O–H groups in total. The van der Waals surface area contributed by atoms with E-state index >= 15 is 0 Å². The van der Waals surface area contributed by atoms with Crippen LogP contribution in [0, 0.1) is 0 Å². The highest BCUT2D eigenvalue weighted by Crippen LogP contribution is 2.34. The lowest BCUT2D eigenvalue weighted by Crippen LogP contribution is -2.48. The second-order valence-corrected chi connectivity index (χ2v) is 9.09. The second kappa shape index (κ2) is 10.0. The maximum Gasteiger partial charge on any atom is 0.252 e. The standard InChI is InChI=1S/C22H24Cl2N4O2S/c1-2-30-18-4-3-5-19-20(18)26-22(31-19)28-12-10-27(11-13-28)9-8-25-21(29)16-14-15(23)6-7-17(16)24/h3-7,14H,2,8-13H2,1H3,(H,25,29). The Labute approximate surface area is 195 Å². The molecule has 1 aliphatic rings. The summed E-state index contributed by atoms with van der Waals surface area (Å²) >= 11 is 13.8. The number of piperazine rings is 1. The summed E-state index contributed by atoms with van der Waals surface area (Å²) in [5.41, 5.74) is 1.34. The number of ether oxygens (including phenoxy) is 1. The van der Waals surface area contributed by atoms with Crippen molar-refractivity contribution in [2.45, 2.75) is 6.92 Å². The molecule has 3 aromatic rings. The molecule has 6 nitrogen and oxygen atoms in total. The Bertz CT molecular complexity index is 1070. The average molecular weight is 479 g/mol. The Morgan fingerprint density at radius 3 is 2.77 bits per heavy atom. The van der Waals surface area contributed by atoms with E-state index in [4.69, 9.17) is 32.9 Å². The van der Waals surface area contributed by atoms with Gasteiger partial charge in [0, 0.05) is 44.3 Å². The first-order chi connectivity index (χ1) is 15.0. The molecule has 1 aromatic heterocycles. The van der Waals surface area contributed by atoms with Crippen LogP contribution in [-0.4, -0.2) is 61.7 Å². The summed E-state index contributed by atoms with van der Waals surface area (Å²) in [7, 11) is 0. The Morgan fingerprint density at radius 1 is 1.19 bits per heavy atom. The van der Waals surface area contributed by atoms with Gasteiger partial charge in [-0.15, -0.1) is 0 Å². The van der Waals surface area contributed by atoms with Crippen molar-refractivity contribution in [3.05, 3.63) is 52.0 Å². The van der Waals surface area contributed by atoms with E-state index in [0.29, 0.717) is 28.8 Å². The van der Waals surface area contributed by atoms with Gasteiger partial charge in [-0.05, 0) is 37.3 Å². The minimum Gasteiger partial charge on any atom is -0.492 e. The fourth-order valence-corrected chi connectivity index (χ4v) is 4.99. The number of halogens is 2. The van der Waals surface area contributed by atoms with Crippen LogP contribution in [0.2, 0.25) is 10.0 Å². The maximum atomic E-state index is 12.4. The van der Waals surface area contributed by atoms with Gasteiger partial charge in [0.15, 0.2) is 5.13 Å². The highest BCUT2D eigenvalue weighted by Gasteiger charge is 2.21. The minimum atomic E-state index is -0.203. The molecule has 0 aliphatic carbocycles. The van der Waals surface area contributed by atoms with E-state index in [2.05, 4.69) is 21.2 Å². The van der Waals surface area contributed by atoms with Crippen molar-refractivity contribution >= 4 is 55.8 Å². The number of nitrogens with zero attached hydrogens (tertiary/aromatic N) is 3. The first kappa shape index (κ1) is 22.1. The molecule has 0 bridgehead atoms. The zero-order valence-electron chi connectivity index (χ0n) is 17.2. The van der Waals surface area contributed by atoms with E-state index in [-0.39, 0.29) is 5.91 Å². The monoisotopic (exact) mass is 478 g/mol. The lowest BCUT2D eigenvalue weighted by molar-refractivity contribution is 0.0948. The highest BCUT2D eigenvalue weighted by atomic mass is 35.5. The topological polar surface area (TPSA) is 57.7 Å². The molecule has 4 rings (SSSR count). The Morgan fingerprint density at radius 2 is 2.00 bits per heavy atom. The number of para-hydroxylation sites is 1. The molecule has 2 aromatic carbocycles. The maximum absolute atomic E-state index is 12.4. The van der Waals surface area contributed by atoms with Crippen molar-refractivity contribution in [3.63, 3.8) is 0 Å². The molecule has 2 heterocycles. The molecule has 0 spiro atoms. The fourth-order valence-electron chi connectivity index (χ4n) is 3.58. The third-order valence-electron chi connectivity index (χ3n) is 5.20. The zero-order valence-corrected chi connectivity index (χ0v) is 19.6. The van der Waals surface area contributed by atoms with E-state index in [9.17, 15) is 4.79 Å². The molecule has 31 heavy (non-hydrogen) atoms. The minimum absolute atomic E-state index is 0.203. The van der Waals surface area contributed by atoms with Gasteiger partial charge in [-0.3, -0.25) is 9.69 Å². The second-order valence-electron chi connectivity index (χ2n) is 7.24. The summed E-state index contributed by atoms with van der Waals surface area (Å²) in [5.74, 6) is 0.641. The normalized spacial score (nSPS) is 14.7. The first-order valence-electron chi connectivity index (χ1n) is 10.3. The lowest BCUT2D eigenvalue weighted by Gasteiger charge is -2.34. The largest absolute Gasteiger partial charge is 0.492 e. The molecule has 0 radical (unpaired) electrons. The van der Waals surface area contributed by atoms with Crippen molar-refractivity contribution in [3.8, 4) is 5.75 Å². The summed E-state index contributed by atoms with van der Waals surface area (Å²) in [6.07, 6.45) is 0. The number of hydrogen-bond donors (Lipinski definition) is 1. The van der Waals surface area contributed by atoms with Crippen molar-refractivity contribution in [1.29, 1.82) is 0 Å². The van der Waals surface area contributed by atoms with Gasteiger partial charge in [-0.1, -0.05) is 40.6 Å². The summed E-state index contributed by atoms with van der Waals surface area (Å²) in [6.45, 7) is 7.59. The number of benzene rings is 2. The van der Waals surface area contributed by atoms with Gasteiger partial charge >= 0.3 is 0 Å². The van der Waals surface area contributed by atoms with Crippen molar-refractivity contribution < 1.29 is 9.53 Å². The van der Waals surface area contributed by atoms with E-state index in [1.165, 1.54) is 0 Å². The van der Waals surface area contributed by atoms with Gasteiger partial charge in [0.25, 0.3) is 5.91 Å². The summed E-state index contributed by atoms with van der Waals surface area (Å²) in [6, 6.07) is 11.0. The predicted molar refractivity (Wildman–Crippen MR) is 128 cm³/mol. The molecular formula is C22H24Cl2N4O2S. The number of aromatic nitrogens is 1. The first-order valence-corrected chi connectivity index (χ1v) is 11.9. The number of amides is 1. The summed E-state index contributed by atoms with van der Waals surface area (Å²) in [5, 5.41) is 4.86. The number of anilines is 1. The Hall–Kier alpha value is -2.06. The number of hydrogen-bond acceptors (Lipinski definition) is 6. The Kier molecular flexibility index (Phi) is 7.17. The van der Waals surface area contributed by atoms with Crippen LogP contribution in [0.25, 0.3) is 10.2 Å².